The topological polar surface area (TPSA) is 15.7 Å². The smallest absolute Gasteiger partial charge is 0.376 e. The molecule has 0 spiro atoms. The van der Waals surface area contributed by atoms with Gasteiger partial charge < -0.3 is 9.64 Å². The number of hydrogen-bond acceptors (Lipinski definition) is 3. The van der Waals surface area contributed by atoms with Gasteiger partial charge in [0.05, 0.1) is 12.2 Å². The van der Waals surface area contributed by atoms with Crippen molar-refractivity contribution in [2.75, 3.05) is 26.2 Å². The zero-order chi connectivity index (χ0) is 19.3. The van der Waals surface area contributed by atoms with Gasteiger partial charge in [0, 0.05) is 25.7 Å². The summed E-state index contributed by atoms with van der Waals surface area (Å²) in [5.41, 5.74) is 0. The van der Waals surface area contributed by atoms with Gasteiger partial charge in [0.2, 0.25) is 0 Å². The minimum atomic E-state index is -4.14. The molecule has 0 bridgehead atoms. The lowest BCUT2D eigenvalue weighted by atomic mass is 9.84. The van der Waals surface area contributed by atoms with E-state index in [0.29, 0.717) is 18.8 Å². The van der Waals surface area contributed by atoms with Crippen LogP contribution in [-0.4, -0.2) is 66.4 Å². The first-order valence-electron chi connectivity index (χ1n) is 10.4. The summed E-state index contributed by atoms with van der Waals surface area (Å²) >= 11 is 0. The van der Waals surface area contributed by atoms with Gasteiger partial charge in [-0.05, 0) is 78.7 Å². The summed E-state index contributed by atoms with van der Waals surface area (Å²) in [7, 11) is 0. The first kappa shape index (κ1) is 22.0. The molecule has 1 saturated carbocycles. The minimum absolute atomic E-state index is 0.0629. The van der Waals surface area contributed by atoms with Crippen LogP contribution in [0.1, 0.15) is 66.2 Å². The molecule has 2 fully saturated rings. The zero-order valence-electron chi connectivity index (χ0n) is 16.9. The van der Waals surface area contributed by atoms with Crippen LogP contribution in [0.3, 0.4) is 0 Å². The maximum atomic E-state index is 13.4. The molecule has 0 N–H and O–H groups in total. The molecule has 154 valence electrons. The normalized spacial score (nSPS) is 29.7. The molecule has 1 saturated heterocycles. The predicted octanol–water partition coefficient (Wildman–Crippen LogP) is 4.71. The summed E-state index contributed by atoms with van der Waals surface area (Å²) in [5.74, 6) is 0.720. The van der Waals surface area contributed by atoms with Crippen LogP contribution in [0.15, 0.2) is 0 Å². The summed E-state index contributed by atoms with van der Waals surface area (Å²) in [6.45, 7) is 10.1. The second-order valence-electron chi connectivity index (χ2n) is 8.66. The fraction of sp³-hybridized carbons (Fsp3) is 1.00. The van der Waals surface area contributed by atoms with Gasteiger partial charge >= 0.3 is 6.18 Å². The van der Waals surface area contributed by atoms with E-state index in [1.165, 1.54) is 12.8 Å². The van der Waals surface area contributed by atoms with Crippen LogP contribution < -0.4 is 0 Å². The molecule has 2 aliphatic rings. The third-order valence-electron chi connectivity index (χ3n) is 5.89. The lowest BCUT2D eigenvalue weighted by Crippen LogP contribution is -2.60. The van der Waals surface area contributed by atoms with E-state index >= 15 is 0 Å². The van der Waals surface area contributed by atoms with Crippen LogP contribution in [0.25, 0.3) is 0 Å². The van der Waals surface area contributed by atoms with E-state index in [9.17, 15) is 13.2 Å². The molecule has 0 amide bonds. The Kier molecular flexibility index (Phi) is 8.23. The largest absolute Gasteiger partial charge is 0.405 e. The Hall–Kier alpha value is -0.330. The Morgan fingerprint density at radius 2 is 1.65 bits per heavy atom. The first-order valence-corrected chi connectivity index (χ1v) is 10.4. The third-order valence-corrected chi connectivity index (χ3v) is 5.89. The summed E-state index contributed by atoms with van der Waals surface area (Å²) < 4.78 is 46.0. The molecule has 0 radical (unpaired) electrons. The molecule has 1 aliphatic carbocycles. The van der Waals surface area contributed by atoms with Crippen molar-refractivity contribution in [2.24, 2.45) is 5.92 Å². The van der Waals surface area contributed by atoms with E-state index < -0.39 is 12.2 Å². The van der Waals surface area contributed by atoms with E-state index in [2.05, 4.69) is 13.8 Å². The number of piperazine rings is 1. The molecule has 0 aromatic heterocycles. The van der Waals surface area contributed by atoms with Crippen LogP contribution in [0.2, 0.25) is 0 Å². The number of nitrogens with zero attached hydrogens (tertiary/aromatic N) is 2. The molecule has 2 rings (SSSR count). The van der Waals surface area contributed by atoms with Gasteiger partial charge in [-0.15, -0.1) is 0 Å². The summed E-state index contributed by atoms with van der Waals surface area (Å²) in [6, 6.07) is -1.38. The standard InChI is InChI=1S/C20H37F3N2O/c1-15(2)25-13-12-24(14-19(25)20(21,22)23)11-5-6-17-7-9-18(10-8-17)26-16(3)4/h15-19H,5-14H2,1-4H3/t17-,18-,19-/m0/s1. The summed E-state index contributed by atoms with van der Waals surface area (Å²) in [5, 5.41) is 0. The summed E-state index contributed by atoms with van der Waals surface area (Å²) in [4.78, 5) is 3.62. The number of alkyl halides is 3. The Bertz CT molecular complexity index is 406. The molecular formula is C20H37F3N2O. The number of halogens is 3. The Labute approximate surface area is 157 Å². The van der Waals surface area contributed by atoms with Crippen molar-refractivity contribution in [1.82, 2.24) is 9.80 Å². The molecule has 3 nitrogen and oxygen atoms in total. The lowest BCUT2D eigenvalue weighted by molar-refractivity contribution is -0.202. The second kappa shape index (κ2) is 9.74. The summed E-state index contributed by atoms with van der Waals surface area (Å²) in [6.07, 6.45) is 3.36. The van der Waals surface area contributed by atoms with E-state index in [1.807, 2.05) is 18.7 Å². The van der Waals surface area contributed by atoms with Crippen molar-refractivity contribution in [3.05, 3.63) is 0 Å². The lowest BCUT2D eigenvalue weighted by Gasteiger charge is -2.44. The van der Waals surface area contributed by atoms with Crippen LogP contribution in [0, 0.1) is 5.92 Å². The molecule has 6 heteroatoms. The van der Waals surface area contributed by atoms with Gasteiger partial charge in [-0.3, -0.25) is 4.90 Å². The predicted molar refractivity (Wildman–Crippen MR) is 99.3 cm³/mol. The number of hydrogen-bond donors (Lipinski definition) is 0. The van der Waals surface area contributed by atoms with Crippen molar-refractivity contribution >= 4 is 0 Å². The van der Waals surface area contributed by atoms with E-state index in [1.54, 1.807) is 4.90 Å². The van der Waals surface area contributed by atoms with Gasteiger partial charge in [0.25, 0.3) is 0 Å². The molecule has 26 heavy (non-hydrogen) atoms. The molecule has 1 heterocycles. The second-order valence-corrected chi connectivity index (χ2v) is 8.66. The average Bonchev–Trinajstić information content (AvgIpc) is 2.55. The monoisotopic (exact) mass is 378 g/mol. The van der Waals surface area contributed by atoms with E-state index in [4.69, 9.17) is 4.74 Å². The highest BCUT2D eigenvalue weighted by molar-refractivity contribution is 4.89. The zero-order valence-corrected chi connectivity index (χ0v) is 16.9. The van der Waals surface area contributed by atoms with Crippen molar-refractivity contribution < 1.29 is 17.9 Å². The Morgan fingerprint density at radius 1 is 1.00 bits per heavy atom. The molecular weight excluding hydrogens is 341 g/mol. The fourth-order valence-corrected chi connectivity index (χ4v) is 4.51. The van der Waals surface area contributed by atoms with Gasteiger partial charge in [-0.25, -0.2) is 0 Å². The van der Waals surface area contributed by atoms with E-state index in [-0.39, 0.29) is 12.6 Å². The van der Waals surface area contributed by atoms with Crippen LogP contribution >= 0.6 is 0 Å². The van der Waals surface area contributed by atoms with Crippen molar-refractivity contribution in [3.63, 3.8) is 0 Å². The Morgan fingerprint density at radius 3 is 2.19 bits per heavy atom. The molecule has 0 unspecified atom stereocenters. The van der Waals surface area contributed by atoms with Gasteiger partial charge in [0.15, 0.2) is 0 Å². The highest BCUT2D eigenvalue weighted by atomic mass is 19.4. The molecule has 0 aromatic rings. The van der Waals surface area contributed by atoms with Gasteiger partial charge in [0.1, 0.15) is 6.04 Å². The highest BCUT2D eigenvalue weighted by Crippen LogP contribution is 2.31. The maximum Gasteiger partial charge on any atom is 0.405 e. The molecule has 0 aromatic carbocycles. The SMILES string of the molecule is CC(C)O[C@H]1CC[C@H](CCCN2CCN(C(C)C)[C@H](C(F)(F)F)C2)CC1. The first-order chi connectivity index (χ1) is 12.2. The fourth-order valence-electron chi connectivity index (χ4n) is 4.51. The van der Waals surface area contributed by atoms with E-state index in [0.717, 1.165) is 44.7 Å². The average molecular weight is 379 g/mol. The van der Waals surface area contributed by atoms with Crippen molar-refractivity contribution in [2.45, 2.75) is 96.7 Å². The maximum absolute atomic E-state index is 13.4. The van der Waals surface area contributed by atoms with Gasteiger partial charge in [-0.1, -0.05) is 0 Å². The highest BCUT2D eigenvalue weighted by Gasteiger charge is 2.46. The third kappa shape index (κ3) is 6.68. The van der Waals surface area contributed by atoms with Crippen molar-refractivity contribution in [1.29, 1.82) is 0 Å². The van der Waals surface area contributed by atoms with Crippen LogP contribution in [0.5, 0.6) is 0 Å². The van der Waals surface area contributed by atoms with Crippen LogP contribution in [0.4, 0.5) is 13.2 Å². The van der Waals surface area contributed by atoms with Gasteiger partial charge in [-0.2, -0.15) is 13.2 Å². The van der Waals surface area contributed by atoms with Crippen molar-refractivity contribution in [3.8, 4) is 0 Å². The Balaban J connectivity index is 1.70. The number of rotatable bonds is 7. The quantitative estimate of drug-likeness (QED) is 0.638. The number of ether oxygens (including phenoxy) is 1. The van der Waals surface area contributed by atoms with Crippen LogP contribution in [-0.2, 0) is 4.74 Å². The molecule has 1 atom stereocenters. The minimum Gasteiger partial charge on any atom is -0.376 e. The molecule has 1 aliphatic heterocycles.